The van der Waals surface area contributed by atoms with Gasteiger partial charge in [-0.2, -0.15) is 0 Å². The number of benzene rings is 2. The smallest absolute Gasteiger partial charge is 0.274 e. The van der Waals surface area contributed by atoms with Crippen LogP contribution in [0.15, 0.2) is 42.5 Å². The molecule has 2 aromatic rings. The largest absolute Gasteiger partial charge is 1.00 e. The van der Waals surface area contributed by atoms with E-state index in [2.05, 4.69) is 0 Å². The molecular weight excluding hydrogens is 334 g/mol. The highest BCUT2D eigenvalue weighted by molar-refractivity contribution is 6.11. The second-order valence-electron chi connectivity index (χ2n) is 4.82. The molecule has 0 amide bonds. The van der Waals surface area contributed by atoms with Crippen molar-refractivity contribution >= 4 is 17.2 Å². The second-order valence-corrected chi connectivity index (χ2v) is 4.82. The summed E-state index contributed by atoms with van der Waals surface area (Å²) in [6, 6.07) is 12.8. The maximum absolute atomic E-state index is 11.0. The van der Waals surface area contributed by atoms with Gasteiger partial charge >= 0.3 is 0 Å². The molecule has 5 nitrogen and oxygen atoms in total. The molecule has 0 aliphatic carbocycles. The summed E-state index contributed by atoms with van der Waals surface area (Å²) in [6.07, 6.45) is 0. The Bertz CT molecular complexity index is 731. The van der Waals surface area contributed by atoms with Crippen LogP contribution in [-0.2, 0) is 6.54 Å². The standard InChI is InChI=1S/C15H13N3O2.BrH/c1-10-6-7-12(8-14(10)18(19)20)17-9-11-4-2-3-5-13(11)15(17)16;/h2-8,16H,9H2,1H3;1H/p-1. The highest BCUT2D eigenvalue weighted by Crippen LogP contribution is 2.31. The summed E-state index contributed by atoms with van der Waals surface area (Å²) in [6.45, 7) is 2.29. The van der Waals surface area contributed by atoms with Crippen molar-refractivity contribution in [1.29, 1.82) is 5.41 Å². The molecular formula is C15H13BrN3O2-. The Labute approximate surface area is 132 Å². The van der Waals surface area contributed by atoms with E-state index in [1.54, 1.807) is 17.9 Å². The maximum atomic E-state index is 11.0. The number of halogens is 1. The molecule has 0 aromatic heterocycles. The highest BCUT2D eigenvalue weighted by atomic mass is 79.9. The molecule has 0 fully saturated rings. The summed E-state index contributed by atoms with van der Waals surface area (Å²) in [7, 11) is 0. The molecule has 1 N–H and O–H groups in total. The number of hydrogen-bond acceptors (Lipinski definition) is 3. The first-order valence-electron chi connectivity index (χ1n) is 6.27. The Kier molecular flexibility index (Phi) is 4.09. The van der Waals surface area contributed by atoms with Crippen molar-refractivity contribution in [3.8, 4) is 0 Å². The fourth-order valence-corrected chi connectivity index (χ4v) is 2.47. The van der Waals surface area contributed by atoms with E-state index in [0.29, 0.717) is 23.6 Å². The minimum absolute atomic E-state index is 0. The predicted octanol–water partition coefficient (Wildman–Crippen LogP) is 0.253. The average molecular weight is 347 g/mol. The summed E-state index contributed by atoms with van der Waals surface area (Å²) < 4.78 is 0. The molecule has 21 heavy (non-hydrogen) atoms. The fraction of sp³-hybridized carbons (Fsp3) is 0.133. The molecule has 0 saturated heterocycles. The van der Waals surface area contributed by atoms with Gasteiger partial charge < -0.3 is 21.9 Å². The summed E-state index contributed by atoms with van der Waals surface area (Å²) in [5, 5.41) is 19.2. The first kappa shape index (κ1) is 15.2. The number of hydrogen-bond donors (Lipinski definition) is 1. The topological polar surface area (TPSA) is 70.2 Å². The van der Waals surface area contributed by atoms with Crippen LogP contribution in [0.25, 0.3) is 0 Å². The average Bonchev–Trinajstić information content (AvgIpc) is 2.77. The lowest BCUT2D eigenvalue weighted by Crippen LogP contribution is -3.00. The summed E-state index contributed by atoms with van der Waals surface area (Å²) >= 11 is 0. The predicted molar refractivity (Wildman–Crippen MR) is 77.3 cm³/mol. The van der Waals surface area contributed by atoms with E-state index in [4.69, 9.17) is 5.41 Å². The molecule has 3 rings (SSSR count). The third-order valence-electron chi connectivity index (χ3n) is 3.57. The molecule has 108 valence electrons. The molecule has 0 spiro atoms. The molecule has 0 unspecified atom stereocenters. The zero-order chi connectivity index (χ0) is 14.3. The molecule has 0 bridgehead atoms. The molecule has 0 atom stereocenters. The third-order valence-corrected chi connectivity index (χ3v) is 3.57. The molecule has 2 aromatic carbocycles. The molecule has 0 radical (unpaired) electrons. The van der Waals surface area contributed by atoms with Crippen LogP contribution in [-0.4, -0.2) is 10.8 Å². The van der Waals surface area contributed by atoms with Gasteiger partial charge in [-0.1, -0.05) is 30.3 Å². The van der Waals surface area contributed by atoms with E-state index in [1.165, 1.54) is 6.07 Å². The van der Waals surface area contributed by atoms with Crippen molar-refractivity contribution < 1.29 is 21.9 Å². The van der Waals surface area contributed by atoms with Crippen LogP contribution in [0.5, 0.6) is 0 Å². The van der Waals surface area contributed by atoms with Gasteiger partial charge in [-0.25, -0.2) is 0 Å². The Morgan fingerprint density at radius 2 is 1.95 bits per heavy atom. The van der Waals surface area contributed by atoms with E-state index in [1.807, 2.05) is 30.3 Å². The molecule has 0 saturated carbocycles. The van der Waals surface area contributed by atoms with Gasteiger partial charge in [0.25, 0.3) is 5.69 Å². The van der Waals surface area contributed by atoms with Crippen molar-refractivity contribution in [2.75, 3.05) is 4.90 Å². The number of aryl methyl sites for hydroxylation is 1. The van der Waals surface area contributed by atoms with Crippen LogP contribution in [0.3, 0.4) is 0 Å². The fourth-order valence-electron chi connectivity index (χ4n) is 2.47. The van der Waals surface area contributed by atoms with Crippen molar-refractivity contribution in [2.45, 2.75) is 13.5 Å². The number of amidine groups is 1. The quantitative estimate of drug-likeness (QED) is 0.626. The number of nitrogens with zero attached hydrogens (tertiary/aromatic N) is 2. The van der Waals surface area contributed by atoms with Crippen LogP contribution >= 0.6 is 0 Å². The molecule has 1 aliphatic rings. The third kappa shape index (κ3) is 2.54. The molecule has 1 heterocycles. The normalized spacial score (nSPS) is 12.8. The zero-order valence-electron chi connectivity index (χ0n) is 11.3. The van der Waals surface area contributed by atoms with E-state index in [0.717, 1.165) is 11.1 Å². The van der Waals surface area contributed by atoms with Crippen molar-refractivity contribution in [2.24, 2.45) is 0 Å². The van der Waals surface area contributed by atoms with Crippen LogP contribution in [0.2, 0.25) is 0 Å². The summed E-state index contributed by atoms with van der Waals surface area (Å²) in [5.41, 5.74) is 3.35. The van der Waals surface area contributed by atoms with Crippen LogP contribution in [0.1, 0.15) is 16.7 Å². The molecule has 1 aliphatic heterocycles. The van der Waals surface area contributed by atoms with Crippen LogP contribution in [0, 0.1) is 22.4 Å². The lowest BCUT2D eigenvalue weighted by molar-refractivity contribution is -0.385. The van der Waals surface area contributed by atoms with Gasteiger partial charge in [-0.15, -0.1) is 0 Å². The number of nitro groups is 1. The maximum Gasteiger partial charge on any atom is 0.274 e. The highest BCUT2D eigenvalue weighted by Gasteiger charge is 2.26. The first-order valence-corrected chi connectivity index (χ1v) is 6.27. The first-order chi connectivity index (χ1) is 9.58. The number of fused-ring (bicyclic) bond motifs is 1. The number of rotatable bonds is 2. The van der Waals surface area contributed by atoms with Crippen molar-refractivity contribution in [3.63, 3.8) is 0 Å². The minimum Gasteiger partial charge on any atom is -1.00 e. The SMILES string of the molecule is Cc1ccc(N2Cc3ccccc3C2=N)cc1[N+](=O)[O-].[Br-]. The minimum atomic E-state index is -0.383. The Hall–Kier alpha value is -2.21. The van der Waals surface area contributed by atoms with E-state index in [9.17, 15) is 10.1 Å². The van der Waals surface area contributed by atoms with Gasteiger partial charge in [-0.3, -0.25) is 15.5 Å². The van der Waals surface area contributed by atoms with Gasteiger partial charge in [0.05, 0.1) is 11.5 Å². The Balaban J connectivity index is 0.00000161. The van der Waals surface area contributed by atoms with E-state index in [-0.39, 0.29) is 27.6 Å². The van der Waals surface area contributed by atoms with E-state index >= 15 is 0 Å². The number of nitro benzene ring substituents is 1. The van der Waals surface area contributed by atoms with Gasteiger partial charge in [0.15, 0.2) is 0 Å². The second kappa shape index (κ2) is 5.65. The Morgan fingerprint density at radius 3 is 2.62 bits per heavy atom. The number of nitrogens with one attached hydrogen (secondary N) is 1. The van der Waals surface area contributed by atoms with Gasteiger partial charge in [0.2, 0.25) is 0 Å². The zero-order valence-corrected chi connectivity index (χ0v) is 12.9. The lowest BCUT2D eigenvalue weighted by Gasteiger charge is -2.18. The Morgan fingerprint density at radius 1 is 1.24 bits per heavy atom. The monoisotopic (exact) mass is 346 g/mol. The van der Waals surface area contributed by atoms with Gasteiger partial charge in [-0.05, 0) is 18.6 Å². The molecule has 6 heteroatoms. The van der Waals surface area contributed by atoms with Crippen molar-refractivity contribution in [3.05, 3.63) is 69.3 Å². The van der Waals surface area contributed by atoms with Gasteiger partial charge in [0, 0.05) is 22.9 Å². The van der Waals surface area contributed by atoms with Crippen LogP contribution in [0.4, 0.5) is 11.4 Å². The van der Waals surface area contributed by atoms with Crippen molar-refractivity contribution in [1.82, 2.24) is 0 Å². The summed E-state index contributed by atoms with van der Waals surface area (Å²) in [4.78, 5) is 12.4. The van der Waals surface area contributed by atoms with E-state index < -0.39 is 0 Å². The number of anilines is 1. The van der Waals surface area contributed by atoms with Gasteiger partial charge in [0.1, 0.15) is 5.84 Å². The van der Waals surface area contributed by atoms with Crippen LogP contribution < -0.4 is 21.9 Å². The summed E-state index contributed by atoms with van der Waals surface area (Å²) in [5.74, 6) is 0.388. The lowest BCUT2D eigenvalue weighted by atomic mass is 10.1.